The minimum Gasteiger partial charge on any atom is -0.364 e. The molecular formula is C14H14FN5. The second kappa shape index (κ2) is 5.24. The average molecular weight is 271 g/mol. The van der Waals surface area contributed by atoms with Gasteiger partial charge in [0, 0.05) is 18.5 Å². The van der Waals surface area contributed by atoms with Crippen LogP contribution >= 0.6 is 0 Å². The van der Waals surface area contributed by atoms with E-state index in [0.29, 0.717) is 23.6 Å². The molecule has 1 aromatic carbocycles. The van der Waals surface area contributed by atoms with Crippen LogP contribution in [0, 0.1) is 5.82 Å². The Morgan fingerprint density at radius 1 is 1.15 bits per heavy atom. The van der Waals surface area contributed by atoms with Crippen molar-refractivity contribution in [1.29, 1.82) is 0 Å². The number of aromatic nitrogens is 4. The van der Waals surface area contributed by atoms with E-state index in [9.17, 15) is 4.39 Å². The number of aryl methyl sites for hydroxylation is 1. The van der Waals surface area contributed by atoms with Gasteiger partial charge >= 0.3 is 0 Å². The van der Waals surface area contributed by atoms with Gasteiger partial charge < -0.3 is 5.32 Å². The first kappa shape index (κ1) is 12.5. The lowest BCUT2D eigenvalue weighted by Gasteiger charge is -2.07. The summed E-state index contributed by atoms with van der Waals surface area (Å²) in [5.41, 5.74) is 1.31. The van der Waals surface area contributed by atoms with Crippen LogP contribution in [0.5, 0.6) is 0 Å². The van der Waals surface area contributed by atoms with Crippen molar-refractivity contribution in [3.8, 4) is 0 Å². The number of benzene rings is 1. The molecular weight excluding hydrogens is 257 g/mol. The van der Waals surface area contributed by atoms with Crippen molar-refractivity contribution in [3.05, 3.63) is 53.6 Å². The maximum Gasteiger partial charge on any atom is 0.178 e. The Bertz CT molecular complexity index is 737. The van der Waals surface area contributed by atoms with Crippen molar-refractivity contribution in [2.24, 2.45) is 0 Å². The molecule has 2 heterocycles. The molecule has 5 nitrogen and oxygen atoms in total. The summed E-state index contributed by atoms with van der Waals surface area (Å²) in [4.78, 5) is 0. The fourth-order valence-electron chi connectivity index (χ4n) is 1.98. The van der Waals surface area contributed by atoms with Crippen molar-refractivity contribution in [1.82, 2.24) is 19.8 Å². The van der Waals surface area contributed by atoms with E-state index in [-0.39, 0.29) is 5.82 Å². The van der Waals surface area contributed by atoms with Gasteiger partial charge in [-0.15, -0.1) is 15.3 Å². The molecule has 102 valence electrons. The summed E-state index contributed by atoms with van der Waals surface area (Å²) in [5, 5.41) is 15.6. The van der Waals surface area contributed by atoms with E-state index in [1.54, 1.807) is 16.6 Å². The summed E-state index contributed by atoms with van der Waals surface area (Å²) in [6, 6.07) is 10.3. The van der Waals surface area contributed by atoms with Gasteiger partial charge in [0.25, 0.3) is 0 Å². The largest absolute Gasteiger partial charge is 0.364 e. The van der Waals surface area contributed by atoms with Gasteiger partial charge in [-0.25, -0.2) is 4.39 Å². The highest BCUT2D eigenvalue weighted by Crippen LogP contribution is 2.11. The molecule has 0 radical (unpaired) electrons. The molecule has 2 aromatic heterocycles. The average Bonchev–Trinajstić information content (AvgIpc) is 2.88. The zero-order valence-corrected chi connectivity index (χ0v) is 11.0. The Hall–Kier alpha value is -2.50. The molecule has 6 heteroatoms. The molecule has 3 rings (SSSR count). The van der Waals surface area contributed by atoms with Crippen LogP contribution in [-0.4, -0.2) is 19.8 Å². The minimum absolute atomic E-state index is 0.223. The number of hydrogen-bond acceptors (Lipinski definition) is 4. The molecule has 0 aliphatic rings. The first-order valence-corrected chi connectivity index (χ1v) is 6.46. The number of nitrogens with one attached hydrogen (secondary N) is 1. The predicted molar refractivity (Wildman–Crippen MR) is 73.9 cm³/mol. The molecule has 0 atom stereocenters. The number of nitrogens with zero attached hydrogens (tertiary/aromatic N) is 4. The Labute approximate surface area is 115 Å². The van der Waals surface area contributed by atoms with Crippen molar-refractivity contribution in [2.75, 3.05) is 5.32 Å². The van der Waals surface area contributed by atoms with Gasteiger partial charge in [0.2, 0.25) is 0 Å². The van der Waals surface area contributed by atoms with Crippen molar-refractivity contribution in [2.45, 2.75) is 19.9 Å². The Morgan fingerprint density at radius 3 is 2.80 bits per heavy atom. The molecule has 0 unspecified atom stereocenters. The molecule has 0 saturated carbocycles. The zero-order chi connectivity index (χ0) is 13.9. The number of fused-ring (bicyclic) bond motifs is 1. The lowest BCUT2D eigenvalue weighted by atomic mass is 10.2. The highest BCUT2D eigenvalue weighted by Gasteiger charge is 2.06. The SMILES string of the molecule is CCc1nnc2ccc(NCc3ccccc3F)nn12. The van der Waals surface area contributed by atoms with Gasteiger partial charge in [0.05, 0.1) is 0 Å². The van der Waals surface area contributed by atoms with Crippen LogP contribution in [0.3, 0.4) is 0 Å². The molecule has 3 aromatic rings. The van der Waals surface area contributed by atoms with Crippen LogP contribution in [0.4, 0.5) is 10.2 Å². The van der Waals surface area contributed by atoms with E-state index in [4.69, 9.17) is 0 Å². The van der Waals surface area contributed by atoms with Gasteiger partial charge in [-0.1, -0.05) is 25.1 Å². The van der Waals surface area contributed by atoms with Gasteiger partial charge in [-0.2, -0.15) is 4.52 Å². The second-order valence-electron chi connectivity index (χ2n) is 4.40. The number of anilines is 1. The van der Waals surface area contributed by atoms with E-state index >= 15 is 0 Å². The van der Waals surface area contributed by atoms with Crippen LogP contribution in [0.2, 0.25) is 0 Å². The molecule has 0 amide bonds. The van der Waals surface area contributed by atoms with Gasteiger partial charge in [-0.05, 0) is 18.2 Å². The zero-order valence-electron chi connectivity index (χ0n) is 11.0. The first-order chi connectivity index (χ1) is 9.78. The quantitative estimate of drug-likeness (QED) is 0.792. The monoisotopic (exact) mass is 271 g/mol. The summed E-state index contributed by atoms with van der Waals surface area (Å²) in [5.74, 6) is 1.24. The Balaban J connectivity index is 1.82. The van der Waals surface area contributed by atoms with Crippen molar-refractivity contribution >= 4 is 11.5 Å². The molecule has 0 saturated heterocycles. The maximum absolute atomic E-state index is 13.5. The van der Waals surface area contributed by atoms with Gasteiger partial charge in [-0.3, -0.25) is 0 Å². The maximum atomic E-state index is 13.5. The summed E-state index contributed by atoms with van der Waals surface area (Å²) in [6.07, 6.45) is 0.755. The molecule has 20 heavy (non-hydrogen) atoms. The summed E-state index contributed by atoms with van der Waals surface area (Å²) in [6.45, 7) is 2.38. The number of rotatable bonds is 4. The lowest BCUT2D eigenvalue weighted by molar-refractivity contribution is 0.612. The third-order valence-corrected chi connectivity index (χ3v) is 3.06. The van der Waals surface area contributed by atoms with Gasteiger partial charge in [0.15, 0.2) is 11.5 Å². The molecule has 0 aliphatic carbocycles. The number of hydrogen-bond donors (Lipinski definition) is 1. The normalized spacial score (nSPS) is 10.9. The molecule has 0 fully saturated rings. The summed E-state index contributed by atoms with van der Waals surface area (Å²) >= 11 is 0. The molecule has 1 N–H and O–H groups in total. The Kier molecular flexibility index (Phi) is 3.28. The third-order valence-electron chi connectivity index (χ3n) is 3.06. The predicted octanol–water partition coefficient (Wildman–Crippen LogP) is 2.44. The fraction of sp³-hybridized carbons (Fsp3) is 0.214. The van der Waals surface area contributed by atoms with E-state index < -0.39 is 0 Å². The van der Waals surface area contributed by atoms with Crippen LogP contribution in [0.25, 0.3) is 5.65 Å². The van der Waals surface area contributed by atoms with Crippen LogP contribution in [-0.2, 0) is 13.0 Å². The second-order valence-corrected chi connectivity index (χ2v) is 4.40. The van der Waals surface area contributed by atoms with Crippen molar-refractivity contribution in [3.63, 3.8) is 0 Å². The number of halogens is 1. The smallest absolute Gasteiger partial charge is 0.178 e. The van der Waals surface area contributed by atoms with E-state index in [0.717, 1.165) is 12.2 Å². The highest BCUT2D eigenvalue weighted by molar-refractivity contribution is 5.44. The Morgan fingerprint density at radius 2 is 2.00 bits per heavy atom. The summed E-state index contributed by atoms with van der Waals surface area (Å²) in [7, 11) is 0. The minimum atomic E-state index is -0.223. The summed E-state index contributed by atoms with van der Waals surface area (Å²) < 4.78 is 15.2. The molecule has 0 bridgehead atoms. The third kappa shape index (κ3) is 2.32. The topological polar surface area (TPSA) is 55.1 Å². The molecule has 0 spiro atoms. The van der Waals surface area contributed by atoms with Crippen molar-refractivity contribution < 1.29 is 4.39 Å². The highest BCUT2D eigenvalue weighted by atomic mass is 19.1. The molecule has 0 aliphatic heterocycles. The standard InChI is InChI=1S/C14H14FN5/c1-2-13-17-18-14-8-7-12(19-20(13)14)16-9-10-5-3-4-6-11(10)15/h3-8H,2,9H2,1H3,(H,16,19). The first-order valence-electron chi connectivity index (χ1n) is 6.46. The lowest BCUT2D eigenvalue weighted by Crippen LogP contribution is -2.06. The fourth-order valence-corrected chi connectivity index (χ4v) is 1.98. The van der Waals surface area contributed by atoms with Crippen LogP contribution < -0.4 is 5.32 Å². The van der Waals surface area contributed by atoms with E-state index in [1.165, 1.54) is 6.07 Å². The van der Waals surface area contributed by atoms with Crippen LogP contribution in [0.15, 0.2) is 36.4 Å². The van der Waals surface area contributed by atoms with E-state index in [1.807, 2.05) is 25.1 Å². The van der Waals surface area contributed by atoms with Gasteiger partial charge in [0.1, 0.15) is 11.6 Å². The van der Waals surface area contributed by atoms with E-state index in [2.05, 4.69) is 20.6 Å². The van der Waals surface area contributed by atoms with Crippen LogP contribution in [0.1, 0.15) is 18.3 Å².